The maximum atomic E-state index is 2.55. The first-order chi connectivity index (χ1) is 29.0. The summed E-state index contributed by atoms with van der Waals surface area (Å²) >= 11 is 0. The molecule has 8 aromatic carbocycles. The van der Waals surface area contributed by atoms with Gasteiger partial charge in [-0.2, -0.15) is 0 Å². The first kappa shape index (κ1) is 34.2. The molecule has 0 aromatic heterocycles. The van der Waals surface area contributed by atoms with Gasteiger partial charge < -0.3 is 9.80 Å². The van der Waals surface area contributed by atoms with Gasteiger partial charge in [0.1, 0.15) is 0 Å². The molecule has 0 N–H and O–H groups in total. The summed E-state index contributed by atoms with van der Waals surface area (Å²) in [5.74, 6) is 0. The second kappa shape index (κ2) is 12.8. The maximum absolute atomic E-state index is 2.55. The van der Waals surface area contributed by atoms with Crippen LogP contribution in [0.15, 0.2) is 182 Å². The fraction of sp³-hybridized carbons (Fsp3) is 0.123. The van der Waals surface area contributed by atoms with E-state index in [1.165, 1.54) is 101 Å². The van der Waals surface area contributed by atoms with Crippen molar-refractivity contribution in [3.8, 4) is 22.3 Å². The number of nitrogens with zero attached hydrogens (tertiary/aromatic N) is 2. The van der Waals surface area contributed by atoms with Crippen molar-refractivity contribution in [3.05, 3.63) is 232 Å². The van der Waals surface area contributed by atoms with Gasteiger partial charge in [-0.3, -0.25) is 0 Å². The summed E-state index contributed by atoms with van der Waals surface area (Å²) < 4.78 is 0. The van der Waals surface area contributed by atoms with Gasteiger partial charge in [0.05, 0.1) is 16.8 Å². The van der Waals surface area contributed by atoms with Gasteiger partial charge in [0.15, 0.2) is 0 Å². The number of anilines is 5. The van der Waals surface area contributed by atoms with Gasteiger partial charge >= 0.3 is 0 Å². The zero-order valence-electron chi connectivity index (χ0n) is 33.5. The van der Waals surface area contributed by atoms with Crippen molar-refractivity contribution >= 4 is 40.6 Å². The molecule has 0 saturated heterocycles. The molecule has 0 amide bonds. The normalized spacial score (nSPS) is 15.9. The van der Waals surface area contributed by atoms with Gasteiger partial charge in [-0.1, -0.05) is 159 Å². The minimum Gasteiger partial charge on any atom is -0.341 e. The lowest BCUT2D eigenvalue weighted by Gasteiger charge is -2.42. The molecule has 2 nitrogen and oxygen atoms in total. The van der Waals surface area contributed by atoms with E-state index in [1.54, 1.807) is 0 Å². The molecule has 1 spiro atoms. The van der Waals surface area contributed by atoms with Crippen LogP contribution >= 0.6 is 0 Å². The highest BCUT2D eigenvalue weighted by Crippen LogP contribution is 2.63. The van der Waals surface area contributed by atoms with Gasteiger partial charge in [-0.15, -0.1) is 0 Å². The molecule has 0 unspecified atom stereocenters. The summed E-state index contributed by atoms with van der Waals surface area (Å²) in [5, 5.41) is 0. The zero-order valence-corrected chi connectivity index (χ0v) is 33.5. The second-order valence-corrected chi connectivity index (χ2v) is 17.2. The molecule has 0 fully saturated rings. The zero-order chi connectivity index (χ0) is 39.3. The lowest BCUT2D eigenvalue weighted by atomic mass is 9.70. The topological polar surface area (TPSA) is 6.48 Å². The summed E-state index contributed by atoms with van der Waals surface area (Å²) in [6.45, 7) is 5.70. The monoisotopic (exact) mass is 756 g/mol. The summed E-state index contributed by atoms with van der Waals surface area (Å²) in [6, 6.07) is 68.4. The molecule has 0 saturated carbocycles. The van der Waals surface area contributed by atoms with E-state index in [1.807, 2.05) is 0 Å². The van der Waals surface area contributed by atoms with E-state index in [0.717, 1.165) is 19.4 Å². The van der Waals surface area contributed by atoms with Crippen molar-refractivity contribution in [2.75, 3.05) is 16.3 Å². The van der Waals surface area contributed by atoms with Gasteiger partial charge in [0, 0.05) is 29.0 Å². The highest BCUT2D eigenvalue weighted by molar-refractivity contribution is 5.96. The Kier molecular flexibility index (Phi) is 7.41. The summed E-state index contributed by atoms with van der Waals surface area (Å²) in [6.07, 6.45) is 6.85. The van der Waals surface area contributed by atoms with Crippen LogP contribution < -0.4 is 9.80 Å². The molecule has 0 atom stereocenters. The highest BCUT2D eigenvalue weighted by Gasteiger charge is 2.52. The molecule has 2 heteroatoms. The van der Waals surface area contributed by atoms with Crippen molar-refractivity contribution < 1.29 is 0 Å². The van der Waals surface area contributed by atoms with E-state index in [0.29, 0.717) is 0 Å². The Morgan fingerprint density at radius 3 is 1.59 bits per heavy atom. The Bertz CT molecular complexity index is 2920. The number of hydrogen-bond acceptors (Lipinski definition) is 2. The van der Waals surface area contributed by atoms with Gasteiger partial charge in [0.25, 0.3) is 0 Å². The molecule has 2 heterocycles. The Balaban J connectivity index is 0.951. The minimum atomic E-state index is -0.412. The third-order valence-electron chi connectivity index (χ3n) is 13.8. The van der Waals surface area contributed by atoms with Crippen LogP contribution in [0.3, 0.4) is 0 Å². The first-order valence-corrected chi connectivity index (χ1v) is 21.1. The number of fused-ring (bicyclic) bond motifs is 13. The lowest BCUT2D eigenvalue weighted by molar-refractivity contribution is 0.632. The van der Waals surface area contributed by atoms with Crippen molar-refractivity contribution in [1.29, 1.82) is 0 Å². The first-order valence-electron chi connectivity index (χ1n) is 21.1. The molecule has 12 rings (SSSR count). The standard InChI is InChI=1S/C57H44N2/c1-56(2)49-20-8-11-23-54(49)59(55-24-12-9-21-50(55)56)41-30-27-38(28-31-41)25-26-39-29-33-45-46-34-32-42(58-35-13-15-40-14-3-10-22-53(40)58)37-52(46)57(51(45)36-39)47-18-6-4-16-43(47)44-17-5-7-19-48(44)57/h3-12,14,16-34,36-37H,13,15,35H2,1-2H3/b26-25+. The maximum Gasteiger partial charge on any atom is 0.0726 e. The highest BCUT2D eigenvalue weighted by atomic mass is 15.2. The summed E-state index contributed by atoms with van der Waals surface area (Å²) in [5.41, 5.74) is 23.1. The molecule has 0 bridgehead atoms. The van der Waals surface area contributed by atoms with E-state index in [4.69, 9.17) is 0 Å². The largest absolute Gasteiger partial charge is 0.341 e. The molecule has 8 aromatic rings. The van der Waals surface area contributed by atoms with Crippen molar-refractivity contribution in [1.82, 2.24) is 0 Å². The van der Waals surface area contributed by atoms with Crippen LogP contribution in [0.2, 0.25) is 0 Å². The van der Waals surface area contributed by atoms with E-state index in [9.17, 15) is 0 Å². The quantitative estimate of drug-likeness (QED) is 0.165. The Labute approximate surface area is 347 Å². The SMILES string of the molecule is CC1(C)c2ccccc2N(c2ccc(/C=C/c3ccc4c(c3)C3(c5ccccc5-c5ccccc53)c3cc(N5CCCc6ccccc65)ccc3-4)cc2)c2ccccc21. The van der Waals surface area contributed by atoms with Gasteiger partial charge in [-0.05, 0) is 134 Å². The molecule has 2 aliphatic carbocycles. The van der Waals surface area contributed by atoms with Crippen LogP contribution in [0.4, 0.5) is 28.4 Å². The molecule has 282 valence electrons. The number of rotatable bonds is 4. The number of hydrogen-bond donors (Lipinski definition) is 0. The number of aryl methyl sites for hydroxylation is 1. The van der Waals surface area contributed by atoms with Crippen LogP contribution in [0, 0.1) is 0 Å². The third-order valence-corrected chi connectivity index (χ3v) is 13.8. The summed E-state index contributed by atoms with van der Waals surface area (Å²) in [7, 11) is 0. The molecular weight excluding hydrogens is 713 g/mol. The smallest absolute Gasteiger partial charge is 0.0726 e. The van der Waals surface area contributed by atoms with E-state index < -0.39 is 5.41 Å². The predicted molar refractivity (Wildman–Crippen MR) is 247 cm³/mol. The van der Waals surface area contributed by atoms with Crippen molar-refractivity contribution in [2.24, 2.45) is 0 Å². The Hall–Kier alpha value is -6.90. The lowest BCUT2D eigenvalue weighted by Crippen LogP contribution is -2.30. The predicted octanol–water partition coefficient (Wildman–Crippen LogP) is 14.4. The fourth-order valence-electron chi connectivity index (χ4n) is 11.1. The van der Waals surface area contributed by atoms with Gasteiger partial charge in [0.2, 0.25) is 0 Å². The van der Waals surface area contributed by atoms with E-state index in [2.05, 4.69) is 218 Å². The second-order valence-electron chi connectivity index (χ2n) is 17.2. The Morgan fingerprint density at radius 2 is 0.915 bits per heavy atom. The van der Waals surface area contributed by atoms with Gasteiger partial charge in [-0.25, -0.2) is 0 Å². The number of para-hydroxylation sites is 3. The molecule has 59 heavy (non-hydrogen) atoms. The molecule has 0 radical (unpaired) electrons. The Morgan fingerprint density at radius 1 is 0.424 bits per heavy atom. The fourth-order valence-corrected chi connectivity index (χ4v) is 11.1. The van der Waals surface area contributed by atoms with E-state index in [-0.39, 0.29) is 5.41 Å². The van der Waals surface area contributed by atoms with Crippen LogP contribution in [-0.4, -0.2) is 6.54 Å². The summed E-state index contributed by atoms with van der Waals surface area (Å²) in [4.78, 5) is 4.97. The minimum absolute atomic E-state index is 0.0767. The molecular formula is C57H44N2. The van der Waals surface area contributed by atoms with E-state index >= 15 is 0 Å². The third kappa shape index (κ3) is 4.87. The van der Waals surface area contributed by atoms with Crippen LogP contribution in [-0.2, 0) is 17.3 Å². The molecule has 4 aliphatic rings. The molecule has 2 aliphatic heterocycles. The van der Waals surface area contributed by atoms with Crippen LogP contribution in [0.25, 0.3) is 34.4 Å². The van der Waals surface area contributed by atoms with Crippen molar-refractivity contribution in [2.45, 2.75) is 37.5 Å². The van der Waals surface area contributed by atoms with Crippen LogP contribution in [0.5, 0.6) is 0 Å². The average molecular weight is 757 g/mol. The van der Waals surface area contributed by atoms with Crippen LogP contribution in [0.1, 0.15) is 70.3 Å². The van der Waals surface area contributed by atoms with Crippen molar-refractivity contribution in [3.63, 3.8) is 0 Å². The average Bonchev–Trinajstić information content (AvgIpc) is 3.75. The number of benzene rings is 8.